The van der Waals surface area contributed by atoms with Crippen LogP contribution in [0.3, 0.4) is 0 Å². The lowest BCUT2D eigenvalue weighted by Crippen LogP contribution is -2.19. The molecule has 0 aromatic carbocycles. The normalized spacial score (nSPS) is 23.2. The minimum atomic E-state index is -4.29. The molecule has 12 heavy (non-hydrogen) atoms. The van der Waals surface area contributed by atoms with Gasteiger partial charge in [-0.15, -0.1) is 0 Å². The predicted octanol–water partition coefficient (Wildman–Crippen LogP) is 1.82. The van der Waals surface area contributed by atoms with Crippen molar-refractivity contribution < 1.29 is 13.2 Å². The lowest BCUT2D eigenvalue weighted by molar-refractivity contribution is -0.0862. The smallest absolute Gasteiger partial charge is 0.166 e. The number of alkyl halides is 3. The van der Waals surface area contributed by atoms with Crippen molar-refractivity contribution in [1.82, 2.24) is 5.43 Å². The van der Waals surface area contributed by atoms with Crippen LogP contribution in [0.15, 0.2) is 16.9 Å². The molecular weight excluding hydrogens is 169 g/mol. The lowest BCUT2D eigenvalue weighted by Gasteiger charge is -2.07. The first kappa shape index (κ1) is 7.64. The van der Waals surface area contributed by atoms with Gasteiger partial charge in [-0.05, 0) is 12.8 Å². The van der Waals surface area contributed by atoms with Crippen molar-refractivity contribution in [2.45, 2.75) is 19.0 Å². The number of hydrogen-bond donors (Lipinski definition) is 0. The van der Waals surface area contributed by atoms with E-state index in [-0.39, 0.29) is 11.6 Å². The van der Waals surface area contributed by atoms with E-state index >= 15 is 0 Å². The third-order valence-electron chi connectivity index (χ3n) is 1.90. The molecule has 0 aromatic rings. The largest absolute Gasteiger partial charge is 0.419 e. The first-order valence-corrected chi connectivity index (χ1v) is 3.64. The summed E-state index contributed by atoms with van der Waals surface area (Å²) in [6.45, 7) is 0. The zero-order valence-corrected chi connectivity index (χ0v) is 6.10. The zero-order valence-electron chi connectivity index (χ0n) is 6.10. The molecule has 1 radical (unpaired) electrons. The van der Waals surface area contributed by atoms with Crippen LogP contribution in [-0.2, 0) is 0 Å². The van der Waals surface area contributed by atoms with Gasteiger partial charge in [-0.25, -0.2) is 0 Å². The Bertz CT molecular complexity index is 260. The maximum Gasteiger partial charge on any atom is 0.419 e. The van der Waals surface area contributed by atoms with Crippen molar-refractivity contribution in [1.29, 1.82) is 0 Å². The maximum absolute atomic E-state index is 12.2. The molecule has 0 aromatic heterocycles. The fourth-order valence-corrected chi connectivity index (χ4v) is 1.15. The van der Waals surface area contributed by atoms with Crippen LogP contribution >= 0.6 is 0 Å². The third-order valence-corrected chi connectivity index (χ3v) is 1.90. The monoisotopic (exact) mass is 175 g/mol. The molecular formula is C7H6F3N2. The summed E-state index contributed by atoms with van der Waals surface area (Å²) in [7, 11) is 0. The molecule has 5 heteroatoms. The van der Waals surface area contributed by atoms with Gasteiger partial charge in [-0.2, -0.15) is 23.7 Å². The summed E-state index contributed by atoms with van der Waals surface area (Å²) in [4.78, 5) is 0. The highest BCUT2D eigenvalue weighted by Crippen LogP contribution is 2.39. The molecule has 2 aliphatic rings. The molecule has 0 unspecified atom stereocenters. The van der Waals surface area contributed by atoms with E-state index in [0.29, 0.717) is 0 Å². The van der Waals surface area contributed by atoms with Gasteiger partial charge in [0.15, 0.2) is 0 Å². The third kappa shape index (κ3) is 1.19. The molecule has 0 N–H and O–H groups in total. The average Bonchev–Trinajstić information content (AvgIpc) is 2.65. The summed E-state index contributed by atoms with van der Waals surface area (Å²) in [6, 6.07) is 0. The maximum atomic E-state index is 12.2. The summed E-state index contributed by atoms with van der Waals surface area (Å²) in [6.07, 6.45) is -1.88. The Morgan fingerprint density at radius 1 is 1.33 bits per heavy atom. The molecule has 1 aliphatic heterocycles. The van der Waals surface area contributed by atoms with E-state index in [1.165, 1.54) is 0 Å². The van der Waals surface area contributed by atoms with Crippen LogP contribution in [0.25, 0.3) is 0 Å². The Hall–Kier alpha value is -1.00. The molecule has 1 fully saturated rings. The molecule has 0 atom stereocenters. The Morgan fingerprint density at radius 2 is 2.00 bits per heavy atom. The summed E-state index contributed by atoms with van der Waals surface area (Å²) < 4.78 is 36.6. The van der Waals surface area contributed by atoms with Crippen LogP contribution in [-0.4, -0.2) is 11.9 Å². The average molecular weight is 175 g/mol. The SMILES string of the molecule is FC(F)(F)C1=C[N]N=C1C1CC1. The van der Waals surface area contributed by atoms with Crippen LogP contribution < -0.4 is 5.43 Å². The molecule has 1 heterocycles. The topological polar surface area (TPSA) is 26.5 Å². The van der Waals surface area contributed by atoms with E-state index in [4.69, 9.17) is 0 Å². The van der Waals surface area contributed by atoms with E-state index in [1.807, 2.05) is 0 Å². The van der Waals surface area contributed by atoms with Crippen LogP contribution in [0.4, 0.5) is 13.2 Å². The molecule has 0 amide bonds. The van der Waals surface area contributed by atoms with Gasteiger partial charge in [0.25, 0.3) is 0 Å². The molecule has 0 saturated heterocycles. The number of hydrogen-bond acceptors (Lipinski definition) is 1. The van der Waals surface area contributed by atoms with Crippen molar-refractivity contribution in [3.63, 3.8) is 0 Å². The van der Waals surface area contributed by atoms with Gasteiger partial charge in [0.1, 0.15) is 0 Å². The lowest BCUT2D eigenvalue weighted by atomic mass is 10.1. The van der Waals surface area contributed by atoms with Crippen molar-refractivity contribution in [2.24, 2.45) is 11.0 Å². The highest BCUT2D eigenvalue weighted by atomic mass is 19.4. The van der Waals surface area contributed by atoms with Crippen LogP contribution in [0.1, 0.15) is 12.8 Å². The standard InChI is InChI=1S/C7H6F3N2/c8-7(9,10)5-3-11-12-6(5)4-1-2-4/h3-4H,1-2H2. The molecule has 2 rings (SSSR count). The summed E-state index contributed by atoms with van der Waals surface area (Å²) in [5.41, 5.74) is 2.75. The fraction of sp³-hybridized carbons (Fsp3) is 0.571. The minimum Gasteiger partial charge on any atom is -0.166 e. The Balaban J connectivity index is 2.21. The molecule has 2 nitrogen and oxygen atoms in total. The predicted molar refractivity (Wildman–Crippen MR) is 36.4 cm³/mol. The zero-order chi connectivity index (χ0) is 8.77. The summed E-state index contributed by atoms with van der Waals surface area (Å²) >= 11 is 0. The fourth-order valence-electron chi connectivity index (χ4n) is 1.15. The van der Waals surface area contributed by atoms with Gasteiger partial charge < -0.3 is 0 Å². The molecule has 1 aliphatic carbocycles. The quantitative estimate of drug-likeness (QED) is 0.581. The van der Waals surface area contributed by atoms with E-state index in [1.54, 1.807) is 0 Å². The number of allylic oxidation sites excluding steroid dienone is 1. The molecule has 0 bridgehead atoms. The van der Waals surface area contributed by atoms with Crippen molar-refractivity contribution in [3.05, 3.63) is 11.8 Å². The Labute approximate surface area is 67.1 Å². The second kappa shape index (κ2) is 2.24. The number of halogens is 3. The highest BCUT2D eigenvalue weighted by molar-refractivity contribution is 6.05. The first-order chi connectivity index (χ1) is 5.59. The number of rotatable bonds is 1. The van der Waals surface area contributed by atoms with Gasteiger partial charge in [0, 0.05) is 5.92 Å². The molecule has 0 spiro atoms. The van der Waals surface area contributed by atoms with Crippen molar-refractivity contribution >= 4 is 5.71 Å². The highest BCUT2D eigenvalue weighted by Gasteiger charge is 2.44. The second-order valence-corrected chi connectivity index (χ2v) is 2.92. The van der Waals surface area contributed by atoms with Crippen LogP contribution in [0, 0.1) is 5.92 Å². The van der Waals surface area contributed by atoms with Crippen LogP contribution in [0.5, 0.6) is 0 Å². The molecule has 65 valence electrons. The minimum absolute atomic E-state index is 0.00382. The molecule has 1 saturated carbocycles. The first-order valence-electron chi connectivity index (χ1n) is 3.64. The van der Waals surface area contributed by atoms with Gasteiger partial charge in [0.05, 0.1) is 17.5 Å². The van der Waals surface area contributed by atoms with Gasteiger partial charge in [-0.1, -0.05) is 0 Å². The van der Waals surface area contributed by atoms with E-state index in [0.717, 1.165) is 19.0 Å². The Morgan fingerprint density at radius 3 is 2.50 bits per heavy atom. The summed E-state index contributed by atoms with van der Waals surface area (Å²) in [5.74, 6) is 0.00382. The summed E-state index contributed by atoms with van der Waals surface area (Å²) in [5, 5.41) is 3.47. The van der Waals surface area contributed by atoms with Crippen LogP contribution in [0.2, 0.25) is 0 Å². The Kier molecular flexibility index (Phi) is 1.43. The van der Waals surface area contributed by atoms with E-state index in [9.17, 15) is 13.2 Å². The van der Waals surface area contributed by atoms with Gasteiger partial charge >= 0.3 is 6.18 Å². The van der Waals surface area contributed by atoms with Crippen molar-refractivity contribution in [2.75, 3.05) is 0 Å². The van der Waals surface area contributed by atoms with E-state index in [2.05, 4.69) is 10.5 Å². The number of nitrogens with zero attached hydrogens (tertiary/aromatic N) is 2. The van der Waals surface area contributed by atoms with E-state index < -0.39 is 11.7 Å². The second-order valence-electron chi connectivity index (χ2n) is 2.92. The van der Waals surface area contributed by atoms with Gasteiger partial charge in [-0.3, -0.25) is 0 Å². The van der Waals surface area contributed by atoms with Crippen molar-refractivity contribution in [3.8, 4) is 0 Å². The van der Waals surface area contributed by atoms with Gasteiger partial charge in [0.2, 0.25) is 0 Å².